The quantitative estimate of drug-likeness (QED) is 0.397. The van der Waals surface area contributed by atoms with E-state index in [4.69, 9.17) is 4.74 Å². The number of carbonyl (C=O) groups is 2. The van der Waals surface area contributed by atoms with E-state index in [0.29, 0.717) is 34.2 Å². The van der Waals surface area contributed by atoms with Gasteiger partial charge >= 0.3 is 0 Å². The minimum atomic E-state index is -3.11. The van der Waals surface area contributed by atoms with Crippen LogP contribution in [0.1, 0.15) is 71.7 Å². The van der Waals surface area contributed by atoms with Gasteiger partial charge in [-0.25, -0.2) is 8.42 Å². The van der Waals surface area contributed by atoms with E-state index < -0.39 is 15.9 Å². The first-order valence-corrected chi connectivity index (χ1v) is 15.8. The zero-order valence-corrected chi connectivity index (χ0v) is 24.1. The van der Waals surface area contributed by atoms with Crippen molar-refractivity contribution in [1.82, 2.24) is 5.32 Å². The van der Waals surface area contributed by atoms with Gasteiger partial charge in [0.15, 0.2) is 15.6 Å². The summed E-state index contributed by atoms with van der Waals surface area (Å²) in [5, 5.41) is 17.5. The Morgan fingerprint density at radius 3 is 2.50 bits per heavy atom. The van der Waals surface area contributed by atoms with Crippen molar-refractivity contribution in [3.05, 3.63) is 45.8 Å². The number of aliphatic hydroxyl groups is 1. The highest BCUT2D eigenvalue weighted by Gasteiger charge is 2.35. The second-order valence-corrected chi connectivity index (χ2v) is 14.8. The summed E-state index contributed by atoms with van der Waals surface area (Å²) in [6.45, 7) is 8.46. The number of Topliss-reactive ketones (excluding diaryl/α,β-unsaturated/α-hetero) is 1. The molecule has 0 spiro atoms. The van der Waals surface area contributed by atoms with Gasteiger partial charge in [0.2, 0.25) is 0 Å². The van der Waals surface area contributed by atoms with Gasteiger partial charge in [-0.15, -0.1) is 11.3 Å². The highest BCUT2D eigenvalue weighted by atomic mass is 32.2. The van der Waals surface area contributed by atoms with Crippen LogP contribution in [0.15, 0.2) is 24.3 Å². The third-order valence-electron chi connectivity index (χ3n) is 7.49. The SMILES string of the molecule is CC(=O)c1ccc(OCC(O)CNc2sc3c(c2C(=O)NC2CCS(=O)(=O)C2)CCC(C(C)(C)C)C3)cc1. The lowest BCUT2D eigenvalue weighted by molar-refractivity contribution is 0.0939. The van der Waals surface area contributed by atoms with Gasteiger partial charge in [-0.1, -0.05) is 20.8 Å². The lowest BCUT2D eigenvalue weighted by Gasteiger charge is -2.33. The Kier molecular flexibility index (Phi) is 8.54. The molecular weight excluding hydrogens is 524 g/mol. The van der Waals surface area contributed by atoms with Crippen LogP contribution in [0.2, 0.25) is 0 Å². The Bertz CT molecular complexity index is 1280. The molecule has 3 atom stereocenters. The van der Waals surface area contributed by atoms with E-state index in [1.54, 1.807) is 35.6 Å². The third-order valence-corrected chi connectivity index (χ3v) is 10.5. The van der Waals surface area contributed by atoms with Crippen LogP contribution < -0.4 is 15.4 Å². The zero-order valence-electron chi connectivity index (χ0n) is 22.5. The molecule has 3 N–H and O–H groups in total. The number of rotatable bonds is 9. The number of ether oxygens (including phenoxy) is 1. The first-order valence-electron chi connectivity index (χ1n) is 13.1. The molecule has 1 saturated heterocycles. The van der Waals surface area contributed by atoms with Gasteiger partial charge in [-0.2, -0.15) is 0 Å². The Hall–Kier alpha value is -2.43. The molecular formula is C28H38N2O6S2. The number of hydrogen-bond acceptors (Lipinski definition) is 8. The largest absolute Gasteiger partial charge is 0.491 e. The van der Waals surface area contributed by atoms with Crippen molar-refractivity contribution in [2.45, 2.75) is 65.5 Å². The molecule has 1 fully saturated rings. The van der Waals surface area contributed by atoms with Crippen molar-refractivity contribution >= 4 is 37.9 Å². The maximum Gasteiger partial charge on any atom is 0.254 e. The number of hydrogen-bond donors (Lipinski definition) is 3. The molecule has 8 nitrogen and oxygen atoms in total. The van der Waals surface area contributed by atoms with E-state index in [9.17, 15) is 23.1 Å². The molecule has 1 aliphatic carbocycles. The normalized spacial score (nSPS) is 21.4. The molecule has 1 aromatic heterocycles. The fraction of sp³-hybridized carbons (Fsp3) is 0.571. The van der Waals surface area contributed by atoms with Crippen LogP contribution in [0.5, 0.6) is 5.75 Å². The summed E-state index contributed by atoms with van der Waals surface area (Å²) in [4.78, 5) is 26.0. The molecule has 1 amide bonds. The van der Waals surface area contributed by atoms with Crippen molar-refractivity contribution in [1.29, 1.82) is 0 Å². The molecule has 1 aromatic carbocycles. The van der Waals surface area contributed by atoms with Gasteiger partial charge in [0.25, 0.3) is 5.91 Å². The lowest BCUT2D eigenvalue weighted by Crippen LogP contribution is -2.36. The topological polar surface area (TPSA) is 122 Å². The average molecular weight is 563 g/mol. The van der Waals surface area contributed by atoms with E-state index in [1.165, 1.54) is 11.8 Å². The summed E-state index contributed by atoms with van der Waals surface area (Å²) in [5.74, 6) is 0.858. The maximum atomic E-state index is 13.4. The number of fused-ring (bicyclic) bond motifs is 1. The predicted molar refractivity (Wildman–Crippen MR) is 150 cm³/mol. The van der Waals surface area contributed by atoms with Crippen molar-refractivity contribution in [2.24, 2.45) is 11.3 Å². The fourth-order valence-electron chi connectivity index (χ4n) is 5.10. The second kappa shape index (κ2) is 11.4. The summed E-state index contributed by atoms with van der Waals surface area (Å²) in [5.41, 5.74) is 2.37. The van der Waals surface area contributed by atoms with E-state index in [0.717, 1.165) is 24.8 Å². The summed E-state index contributed by atoms with van der Waals surface area (Å²) >= 11 is 1.55. The second-order valence-electron chi connectivity index (χ2n) is 11.5. The Morgan fingerprint density at radius 1 is 1.18 bits per heavy atom. The van der Waals surface area contributed by atoms with Crippen LogP contribution in [-0.2, 0) is 22.7 Å². The minimum Gasteiger partial charge on any atom is -0.491 e. The van der Waals surface area contributed by atoms with Gasteiger partial charge in [-0.05, 0) is 73.8 Å². The number of benzene rings is 1. The Morgan fingerprint density at radius 2 is 1.89 bits per heavy atom. The number of amides is 1. The predicted octanol–water partition coefficient (Wildman–Crippen LogP) is 3.87. The minimum absolute atomic E-state index is 0.0244. The van der Waals surface area contributed by atoms with Gasteiger partial charge in [-0.3, -0.25) is 9.59 Å². The first kappa shape index (κ1) is 28.6. The Balaban J connectivity index is 1.45. The van der Waals surface area contributed by atoms with Crippen LogP contribution in [-0.4, -0.2) is 62.0 Å². The smallest absolute Gasteiger partial charge is 0.254 e. The van der Waals surface area contributed by atoms with E-state index in [1.807, 2.05) is 0 Å². The number of anilines is 1. The van der Waals surface area contributed by atoms with Gasteiger partial charge in [0, 0.05) is 23.0 Å². The van der Waals surface area contributed by atoms with Crippen molar-refractivity contribution < 1.29 is 27.9 Å². The summed E-state index contributed by atoms with van der Waals surface area (Å²) in [7, 11) is -3.11. The summed E-state index contributed by atoms with van der Waals surface area (Å²) in [6.07, 6.45) is 2.27. The van der Waals surface area contributed by atoms with Crippen molar-refractivity contribution in [2.75, 3.05) is 30.0 Å². The molecule has 208 valence electrons. The fourth-order valence-corrected chi connectivity index (χ4v) is 8.11. The zero-order chi connectivity index (χ0) is 27.7. The highest BCUT2D eigenvalue weighted by molar-refractivity contribution is 7.91. The van der Waals surface area contributed by atoms with Crippen LogP contribution in [0.25, 0.3) is 0 Å². The number of aliphatic hydroxyl groups excluding tert-OH is 1. The number of carbonyl (C=O) groups excluding carboxylic acids is 2. The average Bonchev–Trinajstić information content (AvgIpc) is 3.39. The third kappa shape index (κ3) is 6.95. The van der Waals surface area contributed by atoms with Crippen LogP contribution in [0, 0.1) is 11.3 Å². The molecule has 38 heavy (non-hydrogen) atoms. The molecule has 4 rings (SSSR count). The van der Waals surface area contributed by atoms with Crippen LogP contribution in [0.3, 0.4) is 0 Å². The number of thiophene rings is 1. The molecule has 10 heteroatoms. The molecule has 2 aromatic rings. The van der Waals surface area contributed by atoms with Gasteiger partial charge < -0.3 is 20.5 Å². The molecule has 1 aliphatic heterocycles. The van der Waals surface area contributed by atoms with Crippen LogP contribution in [0.4, 0.5) is 5.00 Å². The highest BCUT2D eigenvalue weighted by Crippen LogP contribution is 2.44. The molecule has 0 bridgehead atoms. The van der Waals surface area contributed by atoms with Gasteiger partial charge in [0.1, 0.15) is 23.5 Å². The molecule has 0 saturated carbocycles. The summed E-state index contributed by atoms with van der Waals surface area (Å²) < 4.78 is 29.5. The standard InChI is InChI=1S/C28H38N2O6S2/c1-17(31)18-5-8-22(9-6-18)36-15-21(32)14-29-27-25(26(33)30-20-11-12-38(34,35)16-20)23-10-7-19(28(2,3)4)13-24(23)37-27/h5-6,8-9,19-21,29,32H,7,10-16H2,1-4H3,(H,30,33). The molecule has 0 radical (unpaired) electrons. The lowest BCUT2D eigenvalue weighted by atomic mass is 9.72. The first-order chi connectivity index (χ1) is 17.8. The van der Waals surface area contributed by atoms with Gasteiger partial charge in [0.05, 0.1) is 17.1 Å². The molecule has 2 aliphatic rings. The number of nitrogens with one attached hydrogen (secondary N) is 2. The number of sulfone groups is 1. The van der Waals surface area contributed by atoms with E-state index in [2.05, 4.69) is 31.4 Å². The molecule has 2 heterocycles. The summed E-state index contributed by atoms with van der Waals surface area (Å²) in [6, 6.07) is 6.38. The molecule has 3 unspecified atom stereocenters. The number of ketones is 1. The van der Waals surface area contributed by atoms with Crippen LogP contribution >= 0.6 is 11.3 Å². The van der Waals surface area contributed by atoms with E-state index in [-0.39, 0.29) is 47.8 Å². The maximum absolute atomic E-state index is 13.4. The van der Waals surface area contributed by atoms with E-state index >= 15 is 0 Å². The Labute approximate surface area is 229 Å². The monoisotopic (exact) mass is 562 g/mol. The van der Waals surface area contributed by atoms with Crippen molar-refractivity contribution in [3.63, 3.8) is 0 Å². The van der Waals surface area contributed by atoms with Crippen molar-refractivity contribution in [3.8, 4) is 5.75 Å².